The maximum absolute atomic E-state index is 12.7. The first kappa shape index (κ1) is 17.1. The molecule has 132 valence electrons. The Morgan fingerprint density at radius 3 is 2.84 bits per heavy atom. The molecule has 0 spiro atoms. The first-order valence-corrected chi connectivity index (χ1v) is 8.56. The Morgan fingerprint density at radius 2 is 2.20 bits per heavy atom. The van der Waals surface area contributed by atoms with Crippen LogP contribution in [0, 0.1) is 5.92 Å². The molecule has 0 aliphatic carbocycles. The van der Waals surface area contributed by atoms with Crippen molar-refractivity contribution >= 4 is 17.5 Å². The summed E-state index contributed by atoms with van der Waals surface area (Å²) in [4.78, 5) is 30.5. The van der Waals surface area contributed by atoms with Gasteiger partial charge < -0.3 is 10.2 Å². The zero-order chi connectivity index (χ0) is 17.8. The van der Waals surface area contributed by atoms with Gasteiger partial charge >= 0.3 is 0 Å². The molecule has 0 bridgehead atoms. The Kier molecular flexibility index (Phi) is 5.11. The molecule has 1 saturated heterocycles. The van der Waals surface area contributed by atoms with Crippen molar-refractivity contribution in [3.8, 4) is 0 Å². The number of hydrogen-bond donors (Lipinski definition) is 1. The summed E-state index contributed by atoms with van der Waals surface area (Å²) in [6, 6.07) is 3.40. The number of nitrogens with one attached hydrogen (secondary N) is 1. The molecule has 1 fully saturated rings. The van der Waals surface area contributed by atoms with Gasteiger partial charge in [-0.15, -0.1) is 0 Å². The summed E-state index contributed by atoms with van der Waals surface area (Å²) in [7, 11) is 0. The summed E-state index contributed by atoms with van der Waals surface area (Å²) in [5, 5.41) is 7.17. The van der Waals surface area contributed by atoms with Gasteiger partial charge in [-0.2, -0.15) is 5.10 Å². The summed E-state index contributed by atoms with van der Waals surface area (Å²) in [6.07, 6.45) is 8.27. The van der Waals surface area contributed by atoms with Gasteiger partial charge in [-0.1, -0.05) is 19.9 Å². The highest BCUT2D eigenvalue weighted by Crippen LogP contribution is 2.20. The molecule has 2 aromatic rings. The lowest BCUT2D eigenvalue weighted by Crippen LogP contribution is -2.47. The second-order valence-electron chi connectivity index (χ2n) is 6.66. The summed E-state index contributed by atoms with van der Waals surface area (Å²) in [5.41, 5.74) is 1.66. The monoisotopic (exact) mass is 341 g/mol. The van der Waals surface area contributed by atoms with E-state index in [1.54, 1.807) is 34.4 Å². The Hall–Kier alpha value is -2.70. The van der Waals surface area contributed by atoms with E-state index in [0.717, 1.165) is 12.0 Å². The predicted octanol–water partition coefficient (Wildman–Crippen LogP) is 1.91. The van der Waals surface area contributed by atoms with Crippen molar-refractivity contribution in [3.05, 3.63) is 42.5 Å². The Bertz CT molecular complexity index is 741. The molecule has 1 N–H and O–H groups in total. The number of likely N-dealkylation sites (tertiary alicyclic amines) is 1. The van der Waals surface area contributed by atoms with Gasteiger partial charge in [0.15, 0.2) is 0 Å². The normalized spacial score (nSPS) is 15.6. The van der Waals surface area contributed by atoms with Crippen LogP contribution in [0.1, 0.15) is 32.3 Å². The first-order valence-electron chi connectivity index (χ1n) is 8.56. The van der Waals surface area contributed by atoms with Gasteiger partial charge in [0.1, 0.15) is 6.04 Å². The molecule has 3 rings (SSSR count). The van der Waals surface area contributed by atoms with Gasteiger partial charge in [-0.3, -0.25) is 19.3 Å². The first-order chi connectivity index (χ1) is 12.0. The van der Waals surface area contributed by atoms with Gasteiger partial charge in [-0.05, 0) is 24.0 Å². The van der Waals surface area contributed by atoms with Crippen LogP contribution in [-0.2, 0) is 16.1 Å². The molecular weight excluding hydrogens is 318 g/mol. The molecule has 0 radical (unpaired) electrons. The van der Waals surface area contributed by atoms with Crippen molar-refractivity contribution in [2.24, 2.45) is 5.92 Å². The van der Waals surface area contributed by atoms with E-state index >= 15 is 0 Å². The van der Waals surface area contributed by atoms with Crippen LogP contribution in [0.3, 0.4) is 0 Å². The number of hydrogen-bond acceptors (Lipinski definition) is 4. The SMILES string of the molecule is CC(C)[C@H](C(=O)Nc1cnn(Cc2cccnc2)c1)N1CCCC1=O. The van der Waals surface area contributed by atoms with Crippen LogP contribution in [-0.4, -0.2) is 44.1 Å². The molecular formula is C18H23N5O2. The van der Waals surface area contributed by atoms with Crippen LogP contribution < -0.4 is 5.32 Å². The lowest BCUT2D eigenvalue weighted by atomic mass is 10.0. The summed E-state index contributed by atoms with van der Waals surface area (Å²) >= 11 is 0. The van der Waals surface area contributed by atoms with Crippen LogP contribution in [0.2, 0.25) is 0 Å². The topological polar surface area (TPSA) is 80.1 Å². The number of rotatable bonds is 6. The van der Waals surface area contributed by atoms with Crippen molar-refractivity contribution < 1.29 is 9.59 Å². The second-order valence-corrected chi connectivity index (χ2v) is 6.66. The minimum absolute atomic E-state index is 0.0486. The van der Waals surface area contributed by atoms with Crippen LogP contribution >= 0.6 is 0 Å². The van der Waals surface area contributed by atoms with Gasteiger partial charge in [-0.25, -0.2) is 0 Å². The molecule has 0 aromatic carbocycles. The maximum Gasteiger partial charge on any atom is 0.247 e. The lowest BCUT2D eigenvalue weighted by molar-refractivity contribution is -0.136. The van der Waals surface area contributed by atoms with E-state index in [1.807, 2.05) is 26.0 Å². The van der Waals surface area contributed by atoms with Crippen LogP contribution in [0.5, 0.6) is 0 Å². The zero-order valence-corrected chi connectivity index (χ0v) is 14.6. The quantitative estimate of drug-likeness (QED) is 0.870. The third-order valence-corrected chi connectivity index (χ3v) is 4.31. The maximum atomic E-state index is 12.7. The fraction of sp³-hybridized carbons (Fsp3) is 0.444. The van der Waals surface area contributed by atoms with E-state index in [4.69, 9.17) is 0 Å². The Labute approximate surface area is 147 Å². The largest absolute Gasteiger partial charge is 0.330 e. The van der Waals surface area contributed by atoms with Gasteiger partial charge in [0.2, 0.25) is 11.8 Å². The molecule has 3 heterocycles. The minimum Gasteiger partial charge on any atom is -0.330 e. The molecule has 25 heavy (non-hydrogen) atoms. The molecule has 1 aliphatic rings. The van der Waals surface area contributed by atoms with E-state index in [1.165, 1.54) is 0 Å². The molecule has 2 aromatic heterocycles. The van der Waals surface area contributed by atoms with E-state index in [9.17, 15) is 9.59 Å². The van der Waals surface area contributed by atoms with Crippen molar-refractivity contribution in [1.29, 1.82) is 0 Å². The predicted molar refractivity (Wildman–Crippen MR) is 93.8 cm³/mol. The van der Waals surface area contributed by atoms with Crippen molar-refractivity contribution in [1.82, 2.24) is 19.7 Å². The van der Waals surface area contributed by atoms with Crippen LogP contribution in [0.15, 0.2) is 36.9 Å². The molecule has 2 amide bonds. The second kappa shape index (κ2) is 7.46. The molecule has 7 heteroatoms. The molecule has 0 unspecified atom stereocenters. The highest BCUT2D eigenvalue weighted by molar-refractivity contribution is 5.97. The highest BCUT2D eigenvalue weighted by atomic mass is 16.2. The average molecular weight is 341 g/mol. The lowest BCUT2D eigenvalue weighted by Gasteiger charge is -2.29. The summed E-state index contributed by atoms with van der Waals surface area (Å²) in [6.45, 7) is 5.15. The van der Waals surface area contributed by atoms with Gasteiger partial charge in [0.25, 0.3) is 0 Å². The van der Waals surface area contributed by atoms with E-state index in [2.05, 4.69) is 15.4 Å². The van der Waals surface area contributed by atoms with Crippen LogP contribution in [0.25, 0.3) is 0 Å². The number of carbonyl (C=O) groups is 2. The number of nitrogens with zero attached hydrogens (tertiary/aromatic N) is 4. The standard InChI is InChI=1S/C18H23N5O2/c1-13(2)17(23-8-4-6-16(23)24)18(25)21-15-10-20-22(12-15)11-14-5-3-7-19-9-14/h3,5,7,9-10,12-13,17H,4,6,8,11H2,1-2H3,(H,21,25)/t17-/m1/s1. The number of pyridine rings is 1. The zero-order valence-electron chi connectivity index (χ0n) is 14.6. The van der Waals surface area contributed by atoms with Crippen molar-refractivity contribution in [2.75, 3.05) is 11.9 Å². The number of amides is 2. The molecule has 1 atom stereocenters. The summed E-state index contributed by atoms with van der Waals surface area (Å²) in [5.74, 6) is -0.0558. The van der Waals surface area contributed by atoms with E-state index in [0.29, 0.717) is 25.2 Å². The van der Waals surface area contributed by atoms with E-state index < -0.39 is 6.04 Å². The highest BCUT2D eigenvalue weighted by Gasteiger charge is 2.35. The van der Waals surface area contributed by atoms with E-state index in [-0.39, 0.29) is 17.7 Å². The number of carbonyl (C=O) groups excluding carboxylic acids is 2. The Balaban J connectivity index is 1.66. The van der Waals surface area contributed by atoms with Crippen molar-refractivity contribution in [3.63, 3.8) is 0 Å². The molecule has 7 nitrogen and oxygen atoms in total. The smallest absolute Gasteiger partial charge is 0.247 e. The third-order valence-electron chi connectivity index (χ3n) is 4.31. The Morgan fingerprint density at radius 1 is 1.36 bits per heavy atom. The number of aromatic nitrogens is 3. The third kappa shape index (κ3) is 4.04. The summed E-state index contributed by atoms with van der Waals surface area (Å²) < 4.78 is 1.75. The minimum atomic E-state index is -0.448. The fourth-order valence-electron chi connectivity index (χ4n) is 3.18. The van der Waals surface area contributed by atoms with Gasteiger partial charge in [0.05, 0.1) is 18.4 Å². The average Bonchev–Trinajstić information content (AvgIpc) is 3.18. The molecule has 1 aliphatic heterocycles. The van der Waals surface area contributed by atoms with Crippen molar-refractivity contribution in [2.45, 2.75) is 39.3 Å². The molecule has 0 saturated carbocycles. The fourth-order valence-corrected chi connectivity index (χ4v) is 3.18. The number of anilines is 1. The van der Waals surface area contributed by atoms with Crippen LogP contribution in [0.4, 0.5) is 5.69 Å². The van der Waals surface area contributed by atoms with Gasteiger partial charge in [0, 0.05) is 31.6 Å².